The van der Waals surface area contributed by atoms with E-state index in [2.05, 4.69) is 33.2 Å². The molecule has 0 aliphatic carbocycles. The summed E-state index contributed by atoms with van der Waals surface area (Å²) in [5.74, 6) is 0. The van der Waals surface area contributed by atoms with Crippen molar-refractivity contribution in [2.24, 2.45) is 0 Å². The lowest BCUT2D eigenvalue weighted by Crippen LogP contribution is -2.32. The molecule has 4 heteroatoms. The SMILES string of the molecule is CC1CC(Nc2ccc(Br)nc2)CCO1. The van der Waals surface area contributed by atoms with E-state index in [1.807, 2.05) is 18.3 Å². The van der Waals surface area contributed by atoms with Gasteiger partial charge in [0.05, 0.1) is 18.0 Å². The highest BCUT2D eigenvalue weighted by Gasteiger charge is 2.18. The van der Waals surface area contributed by atoms with Gasteiger partial charge in [-0.15, -0.1) is 0 Å². The van der Waals surface area contributed by atoms with Crippen molar-refractivity contribution in [2.75, 3.05) is 11.9 Å². The summed E-state index contributed by atoms with van der Waals surface area (Å²) in [6.07, 6.45) is 4.35. The van der Waals surface area contributed by atoms with Gasteiger partial charge in [-0.2, -0.15) is 0 Å². The Kier molecular flexibility index (Phi) is 3.59. The molecule has 2 atom stereocenters. The van der Waals surface area contributed by atoms with Crippen molar-refractivity contribution in [2.45, 2.75) is 31.9 Å². The number of rotatable bonds is 2. The molecule has 3 nitrogen and oxygen atoms in total. The van der Waals surface area contributed by atoms with Gasteiger partial charge in [0.25, 0.3) is 0 Å². The van der Waals surface area contributed by atoms with Crippen molar-refractivity contribution in [3.8, 4) is 0 Å². The van der Waals surface area contributed by atoms with Crippen molar-refractivity contribution in [1.82, 2.24) is 4.98 Å². The topological polar surface area (TPSA) is 34.2 Å². The number of anilines is 1. The van der Waals surface area contributed by atoms with E-state index in [1.54, 1.807) is 0 Å². The molecule has 82 valence electrons. The minimum atomic E-state index is 0.361. The Hall–Kier alpha value is -0.610. The molecule has 1 N–H and O–H groups in total. The van der Waals surface area contributed by atoms with Gasteiger partial charge in [0.2, 0.25) is 0 Å². The first-order valence-electron chi connectivity index (χ1n) is 5.24. The Balaban J connectivity index is 1.93. The van der Waals surface area contributed by atoms with Crippen LogP contribution in [0.15, 0.2) is 22.9 Å². The number of hydrogen-bond acceptors (Lipinski definition) is 3. The van der Waals surface area contributed by atoms with Gasteiger partial charge < -0.3 is 10.1 Å². The third-order valence-electron chi connectivity index (χ3n) is 2.58. The van der Waals surface area contributed by atoms with Crippen LogP contribution in [0.5, 0.6) is 0 Å². The van der Waals surface area contributed by atoms with Crippen LogP contribution in [0, 0.1) is 0 Å². The first-order chi connectivity index (χ1) is 7.24. The van der Waals surface area contributed by atoms with E-state index in [-0.39, 0.29) is 0 Å². The van der Waals surface area contributed by atoms with Crippen LogP contribution in [-0.2, 0) is 4.74 Å². The minimum absolute atomic E-state index is 0.361. The predicted molar refractivity (Wildman–Crippen MR) is 64.0 cm³/mol. The lowest BCUT2D eigenvalue weighted by atomic mass is 10.0. The molecular weight excluding hydrogens is 256 g/mol. The quantitative estimate of drug-likeness (QED) is 0.840. The standard InChI is InChI=1S/C11H15BrN2O/c1-8-6-9(4-5-15-8)14-10-2-3-11(12)13-7-10/h2-3,7-9,14H,4-6H2,1H3. The molecule has 2 unspecified atom stereocenters. The molecule has 1 saturated heterocycles. The molecule has 1 aromatic heterocycles. The van der Waals surface area contributed by atoms with Gasteiger partial charge in [0, 0.05) is 12.6 Å². The first kappa shape index (κ1) is 10.9. The molecule has 2 heterocycles. The van der Waals surface area contributed by atoms with E-state index in [1.165, 1.54) is 0 Å². The maximum Gasteiger partial charge on any atom is 0.106 e. The zero-order valence-electron chi connectivity index (χ0n) is 8.74. The van der Waals surface area contributed by atoms with Crippen LogP contribution < -0.4 is 5.32 Å². The highest BCUT2D eigenvalue weighted by Crippen LogP contribution is 2.18. The Morgan fingerprint density at radius 2 is 2.40 bits per heavy atom. The fourth-order valence-corrected chi connectivity index (χ4v) is 2.06. The van der Waals surface area contributed by atoms with Gasteiger partial charge in [-0.1, -0.05) is 0 Å². The molecule has 2 rings (SSSR count). The summed E-state index contributed by atoms with van der Waals surface area (Å²) in [7, 11) is 0. The van der Waals surface area contributed by atoms with Crippen LogP contribution in [-0.4, -0.2) is 23.7 Å². The Morgan fingerprint density at radius 3 is 3.07 bits per heavy atom. The number of halogens is 1. The number of nitrogens with zero attached hydrogens (tertiary/aromatic N) is 1. The van der Waals surface area contributed by atoms with Gasteiger partial charge in [-0.3, -0.25) is 0 Å². The second kappa shape index (κ2) is 4.94. The van der Waals surface area contributed by atoms with Crippen molar-refractivity contribution in [1.29, 1.82) is 0 Å². The minimum Gasteiger partial charge on any atom is -0.381 e. The number of ether oxygens (including phenoxy) is 1. The van der Waals surface area contributed by atoms with E-state index < -0.39 is 0 Å². The zero-order valence-corrected chi connectivity index (χ0v) is 10.3. The molecule has 15 heavy (non-hydrogen) atoms. The molecule has 1 aliphatic heterocycles. The van der Waals surface area contributed by atoms with Gasteiger partial charge >= 0.3 is 0 Å². The molecular formula is C11H15BrN2O. The lowest BCUT2D eigenvalue weighted by molar-refractivity contribution is 0.0232. The highest BCUT2D eigenvalue weighted by atomic mass is 79.9. The average Bonchev–Trinajstić information content (AvgIpc) is 2.22. The highest BCUT2D eigenvalue weighted by molar-refractivity contribution is 9.10. The molecule has 1 fully saturated rings. The van der Waals surface area contributed by atoms with Crippen molar-refractivity contribution in [3.63, 3.8) is 0 Å². The second-order valence-corrected chi connectivity index (χ2v) is 4.73. The van der Waals surface area contributed by atoms with Gasteiger partial charge in [-0.25, -0.2) is 4.98 Å². The van der Waals surface area contributed by atoms with E-state index in [9.17, 15) is 0 Å². The van der Waals surface area contributed by atoms with Crippen LogP contribution in [0.1, 0.15) is 19.8 Å². The van der Waals surface area contributed by atoms with E-state index in [4.69, 9.17) is 4.74 Å². The maximum atomic E-state index is 5.50. The molecule has 0 radical (unpaired) electrons. The second-order valence-electron chi connectivity index (χ2n) is 3.92. The van der Waals surface area contributed by atoms with Crippen LogP contribution in [0.2, 0.25) is 0 Å². The number of aromatic nitrogens is 1. The molecule has 1 aliphatic rings. The number of nitrogens with one attached hydrogen (secondary N) is 1. The summed E-state index contributed by atoms with van der Waals surface area (Å²) in [4.78, 5) is 4.19. The normalized spacial score (nSPS) is 26.3. The number of hydrogen-bond donors (Lipinski definition) is 1. The molecule has 0 amide bonds. The van der Waals surface area contributed by atoms with Crippen LogP contribution in [0.25, 0.3) is 0 Å². The summed E-state index contributed by atoms with van der Waals surface area (Å²) in [5.41, 5.74) is 1.08. The van der Waals surface area contributed by atoms with Crippen LogP contribution in [0.3, 0.4) is 0 Å². The molecule has 1 aromatic rings. The van der Waals surface area contributed by atoms with Crippen molar-refractivity contribution in [3.05, 3.63) is 22.9 Å². The maximum absolute atomic E-state index is 5.50. The van der Waals surface area contributed by atoms with Crippen molar-refractivity contribution >= 4 is 21.6 Å². The Bertz CT molecular complexity index is 315. The largest absolute Gasteiger partial charge is 0.381 e. The predicted octanol–water partition coefficient (Wildman–Crippen LogP) is 2.82. The van der Waals surface area contributed by atoms with E-state index in [0.717, 1.165) is 29.7 Å². The summed E-state index contributed by atoms with van der Waals surface area (Å²) < 4.78 is 6.37. The Labute approximate surface area is 98.4 Å². The summed E-state index contributed by atoms with van der Waals surface area (Å²) in [5, 5.41) is 3.48. The zero-order chi connectivity index (χ0) is 10.7. The van der Waals surface area contributed by atoms with Crippen LogP contribution in [0.4, 0.5) is 5.69 Å². The van der Waals surface area contributed by atoms with Crippen molar-refractivity contribution < 1.29 is 4.74 Å². The van der Waals surface area contributed by atoms with Gasteiger partial charge in [-0.05, 0) is 47.8 Å². The first-order valence-corrected chi connectivity index (χ1v) is 6.03. The van der Waals surface area contributed by atoms with E-state index in [0.29, 0.717) is 12.1 Å². The summed E-state index contributed by atoms with van der Waals surface area (Å²) in [6, 6.07) is 4.50. The molecule has 0 saturated carbocycles. The number of pyridine rings is 1. The fourth-order valence-electron chi connectivity index (χ4n) is 1.83. The fraction of sp³-hybridized carbons (Fsp3) is 0.545. The monoisotopic (exact) mass is 270 g/mol. The van der Waals surface area contributed by atoms with Gasteiger partial charge in [0.1, 0.15) is 4.60 Å². The van der Waals surface area contributed by atoms with E-state index >= 15 is 0 Å². The summed E-state index contributed by atoms with van der Waals surface area (Å²) >= 11 is 3.32. The average molecular weight is 271 g/mol. The molecule has 0 aromatic carbocycles. The third kappa shape index (κ3) is 3.18. The third-order valence-corrected chi connectivity index (χ3v) is 3.05. The molecule has 0 spiro atoms. The Morgan fingerprint density at radius 1 is 1.53 bits per heavy atom. The smallest absolute Gasteiger partial charge is 0.106 e. The molecule has 0 bridgehead atoms. The summed E-state index contributed by atoms with van der Waals surface area (Å²) in [6.45, 7) is 2.97. The lowest BCUT2D eigenvalue weighted by Gasteiger charge is -2.28. The van der Waals surface area contributed by atoms with Gasteiger partial charge in [0.15, 0.2) is 0 Å². The van der Waals surface area contributed by atoms with Crippen LogP contribution >= 0.6 is 15.9 Å².